The van der Waals surface area contributed by atoms with Crippen LogP contribution in [0.5, 0.6) is 0 Å². The zero-order chi connectivity index (χ0) is 23.8. The Morgan fingerprint density at radius 3 is 2.76 bits per heavy atom. The summed E-state index contributed by atoms with van der Waals surface area (Å²) in [5.74, 6) is -2.59. The molecule has 1 aliphatic heterocycles. The van der Waals surface area contributed by atoms with Gasteiger partial charge < -0.3 is 4.90 Å². The summed E-state index contributed by atoms with van der Waals surface area (Å²) in [5.41, 5.74) is 2.60. The van der Waals surface area contributed by atoms with Gasteiger partial charge in [-0.3, -0.25) is 9.62 Å². The number of likely N-dealkylation sites (N-methyl/N-ethyl adjacent to an activating group) is 1. The van der Waals surface area contributed by atoms with Crippen LogP contribution in [0.2, 0.25) is 0 Å². The minimum atomic E-state index is -4.49. The lowest BCUT2D eigenvalue weighted by atomic mass is 10.1. The second kappa shape index (κ2) is 9.32. The smallest absolute Gasteiger partial charge is 0.268 e. The van der Waals surface area contributed by atoms with Crippen LogP contribution in [0.1, 0.15) is 17.5 Å². The third-order valence-corrected chi connectivity index (χ3v) is 7.78. The number of halogens is 3. The molecule has 2 aromatic carbocycles. The average Bonchev–Trinajstić information content (AvgIpc) is 3.42. The number of hydrogen-bond acceptors (Lipinski definition) is 6. The van der Waals surface area contributed by atoms with Crippen molar-refractivity contribution in [3.05, 3.63) is 69.8 Å². The molecule has 2 heterocycles. The van der Waals surface area contributed by atoms with Gasteiger partial charge in [0, 0.05) is 49.4 Å². The summed E-state index contributed by atoms with van der Waals surface area (Å²) in [6, 6.07) is 7.43. The molecule has 1 aliphatic rings. The number of anilines is 2. The molecule has 1 unspecified atom stereocenters. The molecule has 3 aromatic rings. The van der Waals surface area contributed by atoms with Crippen molar-refractivity contribution in [3.8, 4) is 0 Å². The van der Waals surface area contributed by atoms with Gasteiger partial charge in [-0.15, -0.1) is 11.3 Å². The van der Waals surface area contributed by atoms with Gasteiger partial charge >= 0.3 is 0 Å². The lowest BCUT2D eigenvalue weighted by Crippen LogP contribution is -2.35. The molecule has 176 valence electrons. The summed E-state index contributed by atoms with van der Waals surface area (Å²) in [4.78, 5) is 6.70. The number of hydrogen-bond donors (Lipinski definition) is 1. The van der Waals surface area contributed by atoms with E-state index < -0.39 is 26.6 Å². The van der Waals surface area contributed by atoms with E-state index in [0.717, 1.165) is 35.9 Å². The summed E-state index contributed by atoms with van der Waals surface area (Å²) in [6.07, 6.45) is 0.750. The first-order chi connectivity index (χ1) is 15.7. The van der Waals surface area contributed by atoms with E-state index in [-0.39, 0.29) is 28.9 Å². The molecular formula is C22H23F3N4O2S2. The van der Waals surface area contributed by atoms with Crippen LogP contribution in [-0.2, 0) is 16.6 Å². The minimum absolute atomic E-state index is 0.00184. The molecule has 0 amide bonds. The second-order valence-electron chi connectivity index (χ2n) is 8.04. The molecule has 4 rings (SSSR count). The summed E-state index contributed by atoms with van der Waals surface area (Å²) in [6.45, 7) is 3.38. The topological polar surface area (TPSA) is 65.5 Å². The van der Waals surface area contributed by atoms with E-state index in [1.54, 1.807) is 18.0 Å². The SMILES string of the molecule is Cc1c(N(C)C2CCN(Cc3cccc(F)c3)C2)cc(F)c(S(=O)(=O)Nc2cscn2)c1F. The van der Waals surface area contributed by atoms with Gasteiger partial charge in [-0.25, -0.2) is 26.6 Å². The Morgan fingerprint density at radius 2 is 2.06 bits per heavy atom. The number of sulfonamides is 1. The lowest BCUT2D eigenvalue weighted by molar-refractivity contribution is 0.325. The molecule has 1 fully saturated rings. The van der Waals surface area contributed by atoms with Gasteiger partial charge in [0.25, 0.3) is 10.0 Å². The van der Waals surface area contributed by atoms with E-state index in [1.165, 1.54) is 29.9 Å². The van der Waals surface area contributed by atoms with Crippen molar-refractivity contribution >= 4 is 32.9 Å². The highest BCUT2D eigenvalue weighted by Crippen LogP contribution is 2.33. The van der Waals surface area contributed by atoms with Crippen molar-refractivity contribution in [3.63, 3.8) is 0 Å². The van der Waals surface area contributed by atoms with Gasteiger partial charge in [0.1, 0.15) is 11.6 Å². The van der Waals surface area contributed by atoms with Crippen LogP contribution in [-0.4, -0.2) is 44.5 Å². The van der Waals surface area contributed by atoms with Gasteiger partial charge in [0.05, 0.1) is 5.51 Å². The van der Waals surface area contributed by atoms with Crippen LogP contribution in [0.15, 0.2) is 46.1 Å². The quantitative estimate of drug-likeness (QED) is 0.526. The van der Waals surface area contributed by atoms with Crippen LogP contribution in [0, 0.1) is 24.4 Å². The van der Waals surface area contributed by atoms with Crippen molar-refractivity contribution in [2.45, 2.75) is 30.8 Å². The number of aromatic nitrogens is 1. The highest BCUT2D eigenvalue weighted by molar-refractivity contribution is 7.92. The van der Waals surface area contributed by atoms with Gasteiger partial charge in [-0.1, -0.05) is 12.1 Å². The summed E-state index contributed by atoms with van der Waals surface area (Å²) < 4.78 is 70.8. The number of likely N-dealkylation sites (tertiary alicyclic amines) is 1. The number of thiazole rings is 1. The van der Waals surface area contributed by atoms with E-state index >= 15 is 4.39 Å². The Hall–Kier alpha value is -2.63. The Kier molecular flexibility index (Phi) is 6.64. The predicted molar refractivity (Wildman–Crippen MR) is 123 cm³/mol. The van der Waals surface area contributed by atoms with Gasteiger partial charge in [0.15, 0.2) is 16.5 Å². The molecule has 1 N–H and O–H groups in total. The van der Waals surface area contributed by atoms with Gasteiger partial charge in [0.2, 0.25) is 0 Å². The average molecular weight is 497 g/mol. The molecule has 1 saturated heterocycles. The molecule has 0 bridgehead atoms. The molecule has 0 aliphatic carbocycles. The first-order valence-electron chi connectivity index (χ1n) is 10.2. The van der Waals surface area contributed by atoms with E-state index in [4.69, 9.17) is 0 Å². The van der Waals surface area contributed by atoms with Crippen LogP contribution >= 0.6 is 11.3 Å². The largest absolute Gasteiger partial charge is 0.370 e. The minimum Gasteiger partial charge on any atom is -0.370 e. The van der Waals surface area contributed by atoms with Crippen LogP contribution in [0.25, 0.3) is 0 Å². The van der Waals surface area contributed by atoms with E-state index in [1.807, 2.05) is 6.07 Å². The predicted octanol–water partition coefficient (Wildman–Crippen LogP) is 4.38. The Balaban J connectivity index is 1.53. The molecule has 1 aromatic heterocycles. The Labute approximate surface area is 194 Å². The summed E-state index contributed by atoms with van der Waals surface area (Å²) >= 11 is 1.15. The van der Waals surface area contributed by atoms with Crippen molar-refractivity contribution in [2.24, 2.45) is 0 Å². The highest BCUT2D eigenvalue weighted by atomic mass is 32.2. The normalized spacial score (nSPS) is 16.8. The van der Waals surface area contributed by atoms with E-state index in [2.05, 4.69) is 14.6 Å². The van der Waals surface area contributed by atoms with Gasteiger partial charge in [-0.2, -0.15) is 0 Å². The standard InChI is InChI=1S/C22H23F3N4O2S2/c1-14-19(9-18(24)22(21(14)25)33(30,31)27-20-12-32-13-26-20)28(2)17-6-7-29(11-17)10-15-4-3-5-16(23)8-15/h3-5,8-9,12-13,17,27H,6-7,10-11H2,1-2H3. The number of rotatable bonds is 7. The van der Waals surface area contributed by atoms with Crippen molar-refractivity contribution in [2.75, 3.05) is 29.8 Å². The van der Waals surface area contributed by atoms with Crippen molar-refractivity contribution < 1.29 is 21.6 Å². The fourth-order valence-corrected chi connectivity index (χ4v) is 5.86. The maximum Gasteiger partial charge on any atom is 0.268 e. The third kappa shape index (κ3) is 4.99. The molecule has 1 atom stereocenters. The zero-order valence-electron chi connectivity index (χ0n) is 18.1. The van der Waals surface area contributed by atoms with E-state index in [0.29, 0.717) is 13.1 Å². The molecule has 0 spiro atoms. The fraction of sp³-hybridized carbons (Fsp3) is 0.318. The Morgan fingerprint density at radius 1 is 1.27 bits per heavy atom. The van der Waals surface area contributed by atoms with Crippen molar-refractivity contribution in [1.29, 1.82) is 0 Å². The first kappa shape index (κ1) is 23.5. The molecule has 33 heavy (non-hydrogen) atoms. The molecular weight excluding hydrogens is 473 g/mol. The lowest BCUT2D eigenvalue weighted by Gasteiger charge is -2.29. The number of nitrogens with one attached hydrogen (secondary N) is 1. The summed E-state index contributed by atoms with van der Waals surface area (Å²) in [7, 11) is -2.75. The Bertz CT molecular complexity index is 1250. The number of benzene rings is 2. The number of nitrogens with zero attached hydrogens (tertiary/aromatic N) is 3. The first-order valence-corrected chi connectivity index (χ1v) is 12.7. The third-order valence-electron chi connectivity index (χ3n) is 5.80. The maximum absolute atomic E-state index is 15.1. The van der Waals surface area contributed by atoms with E-state index in [9.17, 15) is 17.2 Å². The monoisotopic (exact) mass is 496 g/mol. The highest BCUT2D eigenvalue weighted by Gasteiger charge is 2.32. The maximum atomic E-state index is 15.1. The van der Waals surface area contributed by atoms with Crippen molar-refractivity contribution in [1.82, 2.24) is 9.88 Å². The molecule has 11 heteroatoms. The van der Waals surface area contributed by atoms with Crippen LogP contribution < -0.4 is 9.62 Å². The molecule has 0 saturated carbocycles. The van der Waals surface area contributed by atoms with Crippen LogP contribution in [0.3, 0.4) is 0 Å². The fourth-order valence-electron chi connectivity index (χ4n) is 4.11. The molecule has 0 radical (unpaired) electrons. The zero-order valence-corrected chi connectivity index (χ0v) is 19.7. The second-order valence-corrected chi connectivity index (χ2v) is 10.4. The molecule has 6 nitrogen and oxygen atoms in total. The van der Waals surface area contributed by atoms with Crippen LogP contribution in [0.4, 0.5) is 24.7 Å². The summed E-state index contributed by atoms with van der Waals surface area (Å²) in [5, 5.41) is 1.43. The van der Waals surface area contributed by atoms with Gasteiger partial charge in [-0.05, 0) is 37.1 Å².